The van der Waals surface area contributed by atoms with Crippen LogP contribution in [0.4, 0.5) is 0 Å². The average Bonchev–Trinajstić information content (AvgIpc) is 2.14. The van der Waals surface area contributed by atoms with E-state index in [0.717, 1.165) is 28.1 Å². The first kappa shape index (κ1) is 12.9. The second kappa shape index (κ2) is 3.93. The monoisotopic (exact) mass is 206 g/mol. The molecule has 2 N–H and O–H groups in total. The summed E-state index contributed by atoms with van der Waals surface area (Å²) in [6, 6.07) is 0. The molecule has 6 nitrogen and oxygen atoms in total. The van der Waals surface area contributed by atoms with Gasteiger partial charge in [0.25, 0.3) is 0 Å². The molecular formula is C8H14O6. The number of hydrogen-bond acceptors (Lipinski definition) is 4. The molecular weight excluding hydrogens is 192 g/mol. The van der Waals surface area contributed by atoms with Crippen LogP contribution in [0.15, 0.2) is 0 Å². The molecule has 0 aliphatic heterocycles. The van der Waals surface area contributed by atoms with Crippen molar-refractivity contribution in [2.24, 2.45) is 0 Å². The van der Waals surface area contributed by atoms with E-state index in [2.05, 4.69) is 0 Å². The van der Waals surface area contributed by atoms with Gasteiger partial charge in [0, 0.05) is 14.2 Å². The average molecular weight is 206 g/mol. The predicted octanol–water partition coefficient (Wildman–Crippen LogP) is -0.0342. The van der Waals surface area contributed by atoms with Gasteiger partial charge < -0.3 is 19.7 Å². The Morgan fingerprint density at radius 2 is 1.14 bits per heavy atom. The van der Waals surface area contributed by atoms with E-state index in [1.807, 2.05) is 0 Å². The molecule has 0 saturated heterocycles. The molecule has 0 fully saturated rings. The molecule has 0 aromatic rings. The van der Waals surface area contributed by atoms with Crippen LogP contribution in [0.3, 0.4) is 0 Å². The van der Waals surface area contributed by atoms with Crippen molar-refractivity contribution in [1.29, 1.82) is 0 Å². The predicted molar refractivity (Wildman–Crippen MR) is 46.1 cm³/mol. The highest BCUT2D eigenvalue weighted by Gasteiger charge is 2.57. The van der Waals surface area contributed by atoms with Gasteiger partial charge in [0.2, 0.25) is 11.2 Å². The number of rotatable bonds is 5. The maximum Gasteiger partial charge on any atom is 0.339 e. The lowest BCUT2D eigenvalue weighted by atomic mass is 9.85. The Balaban J connectivity index is 5.37. The number of methoxy groups -OCH3 is 2. The van der Waals surface area contributed by atoms with E-state index in [-0.39, 0.29) is 0 Å². The summed E-state index contributed by atoms with van der Waals surface area (Å²) in [5.41, 5.74) is -3.87. The molecule has 0 bridgehead atoms. The van der Waals surface area contributed by atoms with Gasteiger partial charge in [-0.2, -0.15) is 0 Å². The van der Waals surface area contributed by atoms with E-state index < -0.39 is 23.1 Å². The molecule has 0 heterocycles. The van der Waals surface area contributed by atoms with Gasteiger partial charge in [-0.3, -0.25) is 0 Å². The Kier molecular flexibility index (Phi) is 3.61. The molecule has 2 atom stereocenters. The van der Waals surface area contributed by atoms with Crippen LogP contribution in [0.5, 0.6) is 0 Å². The fourth-order valence-electron chi connectivity index (χ4n) is 0.972. The summed E-state index contributed by atoms with van der Waals surface area (Å²) in [6.45, 7) is 2.29. The highest BCUT2D eigenvalue weighted by Crippen LogP contribution is 2.29. The SMILES string of the molecule is COC(C)(C(=O)O)C(C)(OC)C(=O)O. The van der Waals surface area contributed by atoms with E-state index in [9.17, 15) is 9.59 Å². The lowest BCUT2D eigenvalue weighted by molar-refractivity contribution is -0.211. The summed E-state index contributed by atoms with van der Waals surface area (Å²) in [5.74, 6) is -2.79. The Hall–Kier alpha value is -1.14. The van der Waals surface area contributed by atoms with Crippen molar-refractivity contribution in [3.05, 3.63) is 0 Å². The van der Waals surface area contributed by atoms with Crippen molar-refractivity contribution < 1.29 is 29.3 Å². The molecule has 6 heteroatoms. The van der Waals surface area contributed by atoms with E-state index in [1.54, 1.807) is 0 Å². The topological polar surface area (TPSA) is 93.1 Å². The highest BCUT2D eigenvalue weighted by atomic mass is 16.6. The summed E-state index contributed by atoms with van der Waals surface area (Å²) in [7, 11) is 2.24. The molecule has 0 aromatic heterocycles. The third kappa shape index (κ3) is 1.58. The molecule has 82 valence electrons. The summed E-state index contributed by atoms with van der Waals surface area (Å²) >= 11 is 0. The lowest BCUT2D eigenvalue weighted by Crippen LogP contribution is -2.62. The third-order valence-corrected chi connectivity index (χ3v) is 2.54. The zero-order valence-corrected chi connectivity index (χ0v) is 8.53. The summed E-state index contributed by atoms with van der Waals surface area (Å²) in [6.07, 6.45) is 0. The third-order valence-electron chi connectivity index (χ3n) is 2.54. The Labute approximate surface area is 81.4 Å². The number of ether oxygens (including phenoxy) is 2. The number of carboxylic acid groups (broad SMARTS) is 2. The highest BCUT2D eigenvalue weighted by molar-refractivity contribution is 5.90. The maximum absolute atomic E-state index is 10.9. The second-order valence-electron chi connectivity index (χ2n) is 3.09. The largest absolute Gasteiger partial charge is 0.479 e. The Morgan fingerprint density at radius 1 is 0.929 bits per heavy atom. The van der Waals surface area contributed by atoms with Crippen molar-refractivity contribution in [3.8, 4) is 0 Å². The minimum Gasteiger partial charge on any atom is -0.479 e. The molecule has 0 spiro atoms. The van der Waals surface area contributed by atoms with Crippen LogP contribution in [0.2, 0.25) is 0 Å². The maximum atomic E-state index is 10.9. The molecule has 0 rings (SSSR count). The van der Waals surface area contributed by atoms with Gasteiger partial charge in [0.1, 0.15) is 0 Å². The number of carboxylic acids is 2. The van der Waals surface area contributed by atoms with Crippen LogP contribution in [-0.2, 0) is 19.1 Å². The molecule has 0 aliphatic carbocycles. The van der Waals surface area contributed by atoms with Crippen LogP contribution in [0, 0.1) is 0 Å². The Bertz CT molecular complexity index is 224. The molecule has 14 heavy (non-hydrogen) atoms. The molecule has 0 aromatic carbocycles. The van der Waals surface area contributed by atoms with Crippen LogP contribution in [-0.4, -0.2) is 47.6 Å². The quantitative estimate of drug-likeness (QED) is 0.655. The minimum absolute atomic E-state index is 1.12. The van der Waals surface area contributed by atoms with Gasteiger partial charge in [-0.1, -0.05) is 0 Å². The van der Waals surface area contributed by atoms with Crippen LogP contribution in [0.1, 0.15) is 13.8 Å². The van der Waals surface area contributed by atoms with E-state index >= 15 is 0 Å². The standard InChI is InChI=1S/C8H14O6/c1-7(13-3,5(9)10)8(2,14-4)6(11)12/h1-4H3,(H,9,10)(H,11,12). The number of aliphatic carboxylic acids is 2. The van der Waals surface area contributed by atoms with Gasteiger partial charge in [-0.05, 0) is 13.8 Å². The van der Waals surface area contributed by atoms with Crippen molar-refractivity contribution in [3.63, 3.8) is 0 Å². The van der Waals surface area contributed by atoms with Gasteiger partial charge >= 0.3 is 11.9 Å². The van der Waals surface area contributed by atoms with Crippen molar-refractivity contribution >= 4 is 11.9 Å². The molecule has 0 aliphatic rings. The van der Waals surface area contributed by atoms with Crippen LogP contribution < -0.4 is 0 Å². The molecule has 2 unspecified atom stereocenters. The minimum atomic E-state index is -1.94. The summed E-state index contributed by atoms with van der Waals surface area (Å²) in [5, 5.41) is 17.8. The zero-order chi connectivity index (χ0) is 11.6. The fourth-order valence-corrected chi connectivity index (χ4v) is 0.972. The van der Waals surface area contributed by atoms with Crippen LogP contribution >= 0.6 is 0 Å². The first-order chi connectivity index (χ1) is 6.26. The van der Waals surface area contributed by atoms with Crippen LogP contribution in [0.25, 0.3) is 0 Å². The number of carbonyl (C=O) groups is 2. The van der Waals surface area contributed by atoms with Gasteiger partial charge in [-0.25, -0.2) is 9.59 Å². The second-order valence-corrected chi connectivity index (χ2v) is 3.09. The smallest absolute Gasteiger partial charge is 0.339 e. The molecule has 0 radical (unpaired) electrons. The summed E-state index contributed by atoms with van der Waals surface area (Å²) < 4.78 is 9.42. The first-order valence-corrected chi connectivity index (χ1v) is 3.83. The van der Waals surface area contributed by atoms with E-state index in [4.69, 9.17) is 19.7 Å². The van der Waals surface area contributed by atoms with Gasteiger partial charge in [-0.15, -0.1) is 0 Å². The van der Waals surface area contributed by atoms with Gasteiger partial charge in [0.05, 0.1) is 0 Å². The number of hydrogen-bond donors (Lipinski definition) is 2. The van der Waals surface area contributed by atoms with Crippen molar-refractivity contribution in [2.75, 3.05) is 14.2 Å². The van der Waals surface area contributed by atoms with E-state index in [1.165, 1.54) is 0 Å². The first-order valence-electron chi connectivity index (χ1n) is 3.83. The fraction of sp³-hybridized carbons (Fsp3) is 0.750. The normalized spacial score (nSPS) is 19.4. The summed E-state index contributed by atoms with van der Waals surface area (Å²) in [4.78, 5) is 21.8. The van der Waals surface area contributed by atoms with Gasteiger partial charge in [0.15, 0.2) is 0 Å². The van der Waals surface area contributed by atoms with Crippen molar-refractivity contribution in [2.45, 2.75) is 25.0 Å². The zero-order valence-electron chi connectivity index (χ0n) is 8.53. The molecule has 0 saturated carbocycles. The lowest BCUT2D eigenvalue weighted by Gasteiger charge is -2.37. The Morgan fingerprint density at radius 3 is 1.21 bits per heavy atom. The van der Waals surface area contributed by atoms with E-state index in [0.29, 0.717) is 0 Å². The van der Waals surface area contributed by atoms with Crippen molar-refractivity contribution in [1.82, 2.24) is 0 Å². The molecule has 0 amide bonds.